The number of nitrogens with two attached hydrogens (primary N) is 1. The van der Waals surface area contributed by atoms with Gasteiger partial charge in [-0.25, -0.2) is 0 Å². The van der Waals surface area contributed by atoms with Crippen LogP contribution in [0.1, 0.15) is 39.2 Å². The van der Waals surface area contributed by atoms with E-state index in [9.17, 15) is 4.79 Å². The highest BCUT2D eigenvalue weighted by Gasteiger charge is 2.15. The number of hydrogen-bond acceptors (Lipinski definition) is 3. The third-order valence-electron chi connectivity index (χ3n) is 2.15. The van der Waals surface area contributed by atoms with Crippen LogP contribution in [0.4, 0.5) is 5.69 Å². The molecule has 0 aliphatic carbocycles. The molecule has 0 saturated carbocycles. The normalized spacial score (nSPS) is 10.7. The molecule has 0 aliphatic heterocycles. The standard InChI is InChI=1S/C15H17BrClNO2/c1-15(2,3)20-14(19)7-5-4-6-11-12(16)8-10(18)9-13(11)17/h8-9H,5,7,18H2,1-3H3. The predicted octanol–water partition coefficient (Wildman–Crippen LogP) is 4.16. The Labute approximate surface area is 133 Å². The van der Waals surface area contributed by atoms with Gasteiger partial charge in [0.15, 0.2) is 0 Å². The van der Waals surface area contributed by atoms with E-state index in [-0.39, 0.29) is 12.4 Å². The summed E-state index contributed by atoms with van der Waals surface area (Å²) in [5, 5.41) is 0.488. The first kappa shape index (κ1) is 16.9. The highest BCUT2D eigenvalue weighted by atomic mass is 79.9. The summed E-state index contributed by atoms with van der Waals surface area (Å²) >= 11 is 9.42. The van der Waals surface area contributed by atoms with Gasteiger partial charge in [-0.3, -0.25) is 4.79 Å². The first-order valence-corrected chi connectivity index (χ1v) is 7.31. The van der Waals surface area contributed by atoms with Crippen molar-refractivity contribution in [3.05, 3.63) is 27.2 Å². The highest BCUT2D eigenvalue weighted by molar-refractivity contribution is 9.10. The van der Waals surface area contributed by atoms with E-state index in [0.29, 0.717) is 22.7 Å². The molecule has 20 heavy (non-hydrogen) atoms. The number of nitrogen functional groups attached to an aromatic ring is 1. The van der Waals surface area contributed by atoms with Gasteiger partial charge in [-0.05, 0) is 48.8 Å². The van der Waals surface area contributed by atoms with Crippen LogP contribution < -0.4 is 5.73 Å². The minimum Gasteiger partial charge on any atom is -0.460 e. The largest absolute Gasteiger partial charge is 0.460 e. The molecular weight excluding hydrogens is 342 g/mol. The molecule has 0 atom stereocenters. The Morgan fingerprint density at radius 3 is 2.65 bits per heavy atom. The van der Waals surface area contributed by atoms with E-state index in [0.717, 1.165) is 4.47 Å². The van der Waals surface area contributed by atoms with Gasteiger partial charge in [0.2, 0.25) is 0 Å². The van der Waals surface area contributed by atoms with Gasteiger partial charge < -0.3 is 10.5 Å². The number of benzene rings is 1. The second-order valence-corrected chi connectivity index (χ2v) is 6.51. The molecule has 0 aliphatic rings. The molecule has 1 aromatic carbocycles. The van der Waals surface area contributed by atoms with E-state index in [4.69, 9.17) is 22.1 Å². The van der Waals surface area contributed by atoms with Gasteiger partial charge in [0.25, 0.3) is 0 Å². The Kier molecular flexibility index (Phi) is 5.91. The van der Waals surface area contributed by atoms with Crippen LogP contribution in [-0.2, 0) is 9.53 Å². The van der Waals surface area contributed by atoms with E-state index in [1.54, 1.807) is 12.1 Å². The first-order chi connectivity index (χ1) is 9.19. The number of halogens is 2. The van der Waals surface area contributed by atoms with Crippen LogP contribution in [0, 0.1) is 11.8 Å². The van der Waals surface area contributed by atoms with Crippen molar-refractivity contribution in [3.63, 3.8) is 0 Å². The molecule has 0 aromatic heterocycles. The minimum absolute atomic E-state index is 0.255. The molecule has 0 saturated heterocycles. The van der Waals surface area contributed by atoms with Crippen LogP contribution in [0.3, 0.4) is 0 Å². The van der Waals surface area contributed by atoms with Crippen molar-refractivity contribution in [1.82, 2.24) is 0 Å². The highest BCUT2D eigenvalue weighted by Crippen LogP contribution is 2.27. The molecule has 1 aromatic rings. The predicted molar refractivity (Wildman–Crippen MR) is 85.5 cm³/mol. The minimum atomic E-state index is -0.464. The van der Waals surface area contributed by atoms with E-state index in [1.165, 1.54) is 0 Å². The summed E-state index contributed by atoms with van der Waals surface area (Å²) in [6.07, 6.45) is 0.677. The fraction of sp³-hybridized carbons (Fsp3) is 0.400. The molecule has 0 unspecified atom stereocenters. The number of rotatable bonds is 2. The number of hydrogen-bond donors (Lipinski definition) is 1. The number of ether oxygens (including phenoxy) is 1. The molecule has 0 bridgehead atoms. The number of esters is 1. The Bertz CT molecular complexity index is 544. The molecule has 0 heterocycles. The zero-order valence-electron chi connectivity index (χ0n) is 11.7. The third kappa shape index (κ3) is 5.85. The van der Waals surface area contributed by atoms with Crippen molar-refractivity contribution in [2.75, 3.05) is 5.73 Å². The monoisotopic (exact) mass is 357 g/mol. The fourth-order valence-electron chi connectivity index (χ4n) is 1.42. The molecule has 0 amide bonds. The molecule has 108 valence electrons. The smallest absolute Gasteiger partial charge is 0.307 e. The topological polar surface area (TPSA) is 52.3 Å². The van der Waals surface area contributed by atoms with Gasteiger partial charge in [-0.1, -0.05) is 23.4 Å². The summed E-state index contributed by atoms with van der Waals surface area (Å²) in [4.78, 5) is 11.5. The average molecular weight is 359 g/mol. The van der Waals surface area contributed by atoms with Crippen molar-refractivity contribution >= 4 is 39.2 Å². The lowest BCUT2D eigenvalue weighted by Gasteiger charge is -2.18. The van der Waals surface area contributed by atoms with Crippen LogP contribution in [0.25, 0.3) is 0 Å². The molecule has 3 nitrogen and oxygen atoms in total. The van der Waals surface area contributed by atoms with Crippen LogP contribution in [0.15, 0.2) is 16.6 Å². The van der Waals surface area contributed by atoms with Gasteiger partial charge in [-0.2, -0.15) is 0 Å². The average Bonchev–Trinajstić information content (AvgIpc) is 2.23. The molecule has 0 spiro atoms. The van der Waals surface area contributed by atoms with Crippen molar-refractivity contribution in [2.45, 2.75) is 39.2 Å². The summed E-state index contributed by atoms with van der Waals surface area (Å²) in [5.74, 6) is 5.59. The molecular formula is C15H17BrClNO2. The maximum Gasteiger partial charge on any atom is 0.307 e. The summed E-state index contributed by atoms with van der Waals surface area (Å²) in [6.45, 7) is 5.51. The van der Waals surface area contributed by atoms with Gasteiger partial charge in [-0.15, -0.1) is 0 Å². The second kappa shape index (κ2) is 7.01. The van der Waals surface area contributed by atoms with Gasteiger partial charge in [0, 0.05) is 16.6 Å². The lowest BCUT2D eigenvalue weighted by molar-refractivity contribution is -0.154. The van der Waals surface area contributed by atoms with E-state index in [1.807, 2.05) is 20.8 Å². The SMILES string of the molecule is CC(C)(C)OC(=O)CCC#Cc1c(Cl)cc(N)cc1Br. The van der Waals surface area contributed by atoms with E-state index >= 15 is 0 Å². The van der Waals surface area contributed by atoms with Gasteiger partial charge in [0.1, 0.15) is 5.60 Å². The summed E-state index contributed by atoms with van der Waals surface area (Å²) in [7, 11) is 0. The maximum absolute atomic E-state index is 11.5. The first-order valence-electron chi connectivity index (χ1n) is 6.14. The molecule has 5 heteroatoms. The van der Waals surface area contributed by atoms with Crippen LogP contribution in [-0.4, -0.2) is 11.6 Å². The van der Waals surface area contributed by atoms with Crippen LogP contribution in [0.5, 0.6) is 0 Å². The summed E-state index contributed by atoms with van der Waals surface area (Å²) in [5.41, 5.74) is 6.44. The van der Waals surface area contributed by atoms with Crippen LogP contribution in [0.2, 0.25) is 5.02 Å². The fourth-order valence-corrected chi connectivity index (χ4v) is 2.39. The van der Waals surface area contributed by atoms with Crippen molar-refractivity contribution in [3.8, 4) is 11.8 Å². The Hall–Kier alpha value is -1.18. The zero-order chi connectivity index (χ0) is 15.3. The lowest BCUT2D eigenvalue weighted by atomic mass is 10.2. The molecule has 1 rings (SSSR count). The quantitative estimate of drug-likeness (QED) is 0.491. The Morgan fingerprint density at radius 1 is 1.45 bits per heavy atom. The zero-order valence-corrected chi connectivity index (χ0v) is 14.1. The molecule has 0 fully saturated rings. The number of carbonyl (C=O) groups excluding carboxylic acids is 1. The van der Waals surface area contributed by atoms with Crippen LogP contribution >= 0.6 is 27.5 Å². The molecule has 2 N–H and O–H groups in total. The third-order valence-corrected chi connectivity index (χ3v) is 3.08. The van der Waals surface area contributed by atoms with Gasteiger partial charge >= 0.3 is 5.97 Å². The van der Waals surface area contributed by atoms with E-state index < -0.39 is 5.60 Å². The van der Waals surface area contributed by atoms with E-state index in [2.05, 4.69) is 27.8 Å². The van der Waals surface area contributed by atoms with Crippen molar-refractivity contribution in [1.29, 1.82) is 0 Å². The second-order valence-electron chi connectivity index (χ2n) is 5.25. The van der Waals surface area contributed by atoms with Crippen molar-refractivity contribution < 1.29 is 9.53 Å². The maximum atomic E-state index is 11.5. The summed E-state index contributed by atoms with van der Waals surface area (Å²) in [6, 6.07) is 3.38. The number of carbonyl (C=O) groups is 1. The number of anilines is 1. The van der Waals surface area contributed by atoms with Crippen molar-refractivity contribution in [2.24, 2.45) is 0 Å². The van der Waals surface area contributed by atoms with Gasteiger partial charge in [0.05, 0.1) is 17.0 Å². The Balaban J connectivity index is 2.62. The molecule has 0 radical (unpaired) electrons. The summed E-state index contributed by atoms with van der Waals surface area (Å²) < 4.78 is 5.94. The lowest BCUT2D eigenvalue weighted by Crippen LogP contribution is -2.23. The Morgan fingerprint density at radius 2 is 2.10 bits per heavy atom.